The Morgan fingerprint density at radius 2 is 1.62 bits per heavy atom. The molecule has 0 spiro atoms. The molecule has 0 heterocycles. The Kier molecular flexibility index (Phi) is 8.95. The molecule has 0 radical (unpaired) electrons. The van der Waals surface area contributed by atoms with Gasteiger partial charge in [0.15, 0.2) is 0 Å². The predicted octanol–water partition coefficient (Wildman–Crippen LogP) is 4.19. The molecule has 4 nitrogen and oxygen atoms in total. The molecular weight excluding hydrogens is 264 g/mol. The number of nitrogens with zero attached hydrogens (tertiary/aromatic N) is 1. The van der Waals surface area contributed by atoms with Gasteiger partial charge >= 0.3 is 6.09 Å². The fourth-order valence-corrected chi connectivity index (χ4v) is 2.01. The van der Waals surface area contributed by atoms with Crippen LogP contribution in [-0.2, 0) is 4.74 Å². The first-order valence-electron chi connectivity index (χ1n) is 8.29. The normalized spacial score (nSPS) is 12.3. The molecule has 0 aromatic carbocycles. The summed E-state index contributed by atoms with van der Waals surface area (Å²) in [7, 11) is 0. The molecule has 0 aromatic rings. The van der Waals surface area contributed by atoms with Crippen LogP contribution in [0.4, 0.5) is 4.79 Å². The van der Waals surface area contributed by atoms with Crippen molar-refractivity contribution in [3.05, 3.63) is 0 Å². The molecule has 0 rings (SSSR count). The van der Waals surface area contributed by atoms with E-state index in [1.165, 1.54) is 25.7 Å². The summed E-state index contributed by atoms with van der Waals surface area (Å²) < 4.78 is 5.50. The van der Waals surface area contributed by atoms with Gasteiger partial charge in [-0.2, -0.15) is 0 Å². The number of carbonyl (C=O) groups is 1. The molecule has 0 saturated heterocycles. The number of amides is 1. The first kappa shape index (κ1) is 20.2. The molecule has 1 amide bonds. The fraction of sp³-hybridized carbons (Fsp3) is 0.941. The maximum Gasteiger partial charge on any atom is 0.410 e. The molecule has 126 valence electrons. The van der Waals surface area contributed by atoms with E-state index in [-0.39, 0.29) is 11.6 Å². The van der Waals surface area contributed by atoms with E-state index in [2.05, 4.69) is 12.2 Å². The zero-order chi connectivity index (χ0) is 16.5. The lowest BCUT2D eigenvalue weighted by molar-refractivity contribution is 0.00665. The van der Waals surface area contributed by atoms with Crippen molar-refractivity contribution < 1.29 is 9.53 Å². The SMILES string of the molecule is CCCCCCNCCN(C(=O)OC(C)(C)C)C(C)(C)C. The summed E-state index contributed by atoms with van der Waals surface area (Å²) in [5, 5.41) is 3.42. The van der Waals surface area contributed by atoms with Gasteiger partial charge in [0.2, 0.25) is 0 Å². The number of hydrogen-bond donors (Lipinski definition) is 1. The Hall–Kier alpha value is -0.770. The summed E-state index contributed by atoms with van der Waals surface area (Å²) in [5.41, 5.74) is -0.680. The molecule has 0 unspecified atom stereocenters. The first-order valence-corrected chi connectivity index (χ1v) is 8.29. The topological polar surface area (TPSA) is 41.6 Å². The molecule has 0 saturated carbocycles. The molecule has 0 fully saturated rings. The summed E-state index contributed by atoms with van der Waals surface area (Å²) in [6.45, 7) is 16.5. The lowest BCUT2D eigenvalue weighted by Gasteiger charge is -2.36. The van der Waals surface area contributed by atoms with Crippen molar-refractivity contribution in [2.75, 3.05) is 19.6 Å². The zero-order valence-electron chi connectivity index (χ0n) is 15.2. The van der Waals surface area contributed by atoms with Crippen LogP contribution in [0, 0.1) is 0 Å². The van der Waals surface area contributed by atoms with Crippen molar-refractivity contribution in [2.24, 2.45) is 0 Å². The van der Waals surface area contributed by atoms with Crippen LogP contribution in [0.2, 0.25) is 0 Å². The van der Waals surface area contributed by atoms with Gasteiger partial charge in [0.25, 0.3) is 0 Å². The van der Waals surface area contributed by atoms with E-state index in [4.69, 9.17) is 4.74 Å². The minimum atomic E-state index is -0.450. The van der Waals surface area contributed by atoms with Crippen LogP contribution in [-0.4, -0.2) is 41.8 Å². The molecule has 4 heteroatoms. The van der Waals surface area contributed by atoms with Crippen LogP contribution in [0.5, 0.6) is 0 Å². The van der Waals surface area contributed by atoms with Gasteiger partial charge in [-0.25, -0.2) is 4.79 Å². The van der Waals surface area contributed by atoms with Gasteiger partial charge in [-0.3, -0.25) is 0 Å². The first-order chi connectivity index (χ1) is 9.58. The van der Waals surface area contributed by atoms with E-state index in [0.717, 1.165) is 13.1 Å². The molecule has 0 atom stereocenters. The van der Waals surface area contributed by atoms with Crippen LogP contribution >= 0.6 is 0 Å². The van der Waals surface area contributed by atoms with E-state index < -0.39 is 5.60 Å². The second kappa shape index (κ2) is 9.29. The fourth-order valence-electron chi connectivity index (χ4n) is 2.01. The zero-order valence-corrected chi connectivity index (χ0v) is 15.2. The third-order valence-electron chi connectivity index (χ3n) is 3.14. The quantitative estimate of drug-likeness (QED) is 0.683. The van der Waals surface area contributed by atoms with Gasteiger partial charge in [-0.15, -0.1) is 0 Å². The Balaban J connectivity index is 4.18. The maximum absolute atomic E-state index is 12.3. The number of rotatable bonds is 8. The van der Waals surface area contributed by atoms with Crippen molar-refractivity contribution in [2.45, 2.75) is 85.3 Å². The van der Waals surface area contributed by atoms with Crippen LogP contribution in [0.25, 0.3) is 0 Å². The third kappa shape index (κ3) is 10.6. The highest BCUT2D eigenvalue weighted by Gasteiger charge is 2.30. The van der Waals surface area contributed by atoms with Crippen molar-refractivity contribution in [3.8, 4) is 0 Å². The van der Waals surface area contributed by atoms with Gasteiger partial charge in [0, 0.05) is 18.6 Å². The number of hydrogen-bond acceptors (Lipinski definition) is 3. The van der Waals surface area contributed by atoms with E-state index in [9.17, 15) is 4.79 Å². The lowest BCUT2D eigenvalue weighted by atomic mass is 10.1. The van der Waals surface area contributed by atoms with Crippen LogP contribution < -0.4 is 5.32 Å². The minimum absolute atomic E-state index is 0.230. The van der Waals surface area contributed by atoms with E-state index >= 15 is 0 Å². The molecule has 0 aliphatic heterocycles. The summed E-state index contributed by atoms with van der Waals surface area (Å²) in [6, 6.07) is 0. The summed E-state index contributed by atoms with van der Waals surface area (Å²) in [5.74, 6) is 0. The standard InChI is InChI=1S/C17H36N2O2/c1-8-9-10-11-12-18-13-14-19(16(2,3)4)15(20)21-17(5,6)7/h18H,8-14H2,1-7H3. The average Bonchev–Trinajstić information content (AvgIpc) is 2.28. The molecule has 0 aromatic heterocycles. The van der Waals surface area contributed by atoms with E-state index in [0.29, 0.717) is 6.54 Å². The molecule has 0 aliphatic carbocycles. The predicted molar refractivity (Wildman–Crippen MR) is 89.7 cm³/mol. The third-order valence-corrected chi connectivity index (χ3v) is 3.14. The van der Waals surface area contributed by atoms with Gasteiger partial charge in [-0.05, 0) is 54.5 Å². The number of nitrogens with one attached hydrogen (secondary N) is 1. The average molecular weight is 300 g/mol. The van der Waals surface area contributed by atoms with Crippen LogP contribution in [0.15, 0.2) is 0 Å². The molecule has 1 N–H and O–H groups in total. The number of ether oxygens (including phenoxy) is 1. The van der Waals surface area contributed by atoms with Gasteiger partial charge in [-0.1, -0.05) is 26.2 Å². The largest absolute Gasteiger partial charge is 0.444 e. The van der Waals surface area contributed by atoms with E-state index in [1.54, 1.807) is 4.90 Å². The van der Waals surface area contributed by atoms with Crippen molar-refractivity contribution in [3.63, 3.8) is 0 Å². The van der Waals surface area contributed by atoms with E-state index in [1.807, 2.05) is 41.5 Å². The lowest BCUT2D eigenvalue weighted by Crippen LogP contribution is -2.50. The van der Waals surface area contributed by atoms with Crippen molar-refractivity contribution in [1.82, 2.24) is 10.2 Å². The Morgan fingerprint density at radius 3 is 2.10 bits per heavy atom. The van der Waals surface area contributed by atoms with Crippen LogP contribution in [0.1, 0.15) is 74.1 Å². The second-order valence-corrected chi connectivity index (χ2v) is 7.61. The van der Waals surface area contributed by atoms with Crippen molar-refractivity contribution in [1.29, 1.82) is 0 Å². The Morgan fingerprint density at radius 1 is 1.00 bits per heavy atom. The maximum atomic E-state index is 12.3. The molecule has 21 heavy (non-hydrogen) atoms. The van der Waals surface area contributed by atoms with Gasteiger partial charge in [0.1, 0.15) is 5.60 Å². The number of carbonyl (C=O) groups excluding carboxylic acids is 1. The highest BCUT2D eigenvalue weighted by atomic mass is 16.6. The minimum Gasteiger partial charge on any atom is -0.444 e. The highest BCUT2D eigenvalue weighted by Crippen LogP contribution is 2.17. The molecule has 0 aliphatic rings. The summed E-state index contributed by atoms with van der Waals surface area (Å²) in [6.07, 6.45) is 4.81. The molecular formula is C17H36N2O2. The smallest absolute Gasteiger partial charge is 0.410 e. The highest BCUT2D eigenvalue weighted by molar-refractivity contribution is 5.69. The van der Waals surface area contributed by atoms with Crippen molar-refractivity contribution >= 4 is 6.09 Å². The van der Waals surface area contributed by atoms with Gasteiger partial charge in [0.05, 0.1) is 0 Å². The Labute approximate surface area is 131 Å². The van der Waals surface area contributed by atoms with Crippen LogP contribution in [0.3, 0.4) is 0 Å². The second-order valence-electron chi connectivity index (χ2n) is 7.61. The summed E-state index contributed by atoms with van der Waals surface area (Å²) in [4.78, 5) is 14.1. The number of unbranched alkanes of at least 4 members (excludes halogenated alkanes) is 3. The Bertz CT molecular complexity index is 290. The molecule has 0 bridgehead atoms. The monoisotopic (exact) mass is 300 g/mol. The van der Waals surface area contributed by atoms with Gasteiger partial charge < -0.3 is 15.0 Å². The summed E-state index contributed by atoms with van der Waals surface area (Å²) >= 11 is 0.